The van der Waals surface area contributed by atoms with Gasteiger partial charge in [0.25, 0.3) is 0 Å². The van der Waals surface area contributed by atoms with Crippen molar-refractivity contribution in [2.75, 3.05) is 10.6 Å². The predicted molar refractivity (Wildman–Crippen MR) is 89.9 cm³/mol. The SMILES string of the molecule is CC[C@@H](C)Nc1nc(Nc2cccc(C(F)(F)F)c2C)cc(C(F)(F)F)n1. The molecule has 0 radical (unpaired) electrons. The van der Waals surface area contributed by atoms with E-state index in [1.807, 2.05) is 6.92 Å². The Hall–Kier alpha value is -2.52. The van der Waals surface area contributed by atoms with Gasteiger partial charge in [0, 0.05) is 17.8 Å². The lowest BCUT2D eigenvalue weighted by Gasteiger charge is -2.17. The van der Waals surface area contributed by atoms with Crippen LogP contribution in [-0.2, 0) is 12.4 Å². The molecule has 1 aromatic heterocycles. The molecule has 2 rings (SSSR count). The normalized spacial score (nSPS) is 13.4. The zero-order valence-electron chi connectivity index (χ0n) is 14.8. The molecule has 1 atom stereocenters. The Morgan fingerprint density at radius 1 is 1.04 bits per heavy atom. The van der Waals surface area contributed by atoms with Gasteiger partial charge in [0.05, 0.1) is 5.56 Å². The fraction of sp³-hybridized carbons (Fsp3) is 0.412. The highest BCUT2D eigenvalue weighted by atomic mass is 19.4. The zero-order valence-corrected chi connectivity index (χ0v) is 14.8. The fourth-order valence-electron chi connectivity index (χ4n) is 2.26. The largest absolute Gasteiger partial charge is 0.433 e. The summed E-state index contributed by atoms with van der Waals surface area (Å²) in [6, 6.07) is 3.87. The van der Waals surface area contributed by atoms with Crippen LogP contribution in [-0.4, -0.2) is 16.0 Å². The molecule has 2 aromatic rings. The zero-order chi connectivity index (χ0) is 20.4. The minimum atomic E-state index is -4.73. The molecule has 0 saturated carbocycles. The van der Waals surface area contributed by atoms with E-state index in [1.165, 1.54) is 19.1 Å². The number of aromatic nitrogens is 2. The topological polar surface area (TPSA) is 49.8 Å². The van der Waals surface area contributed by atoms with Gasteiger partial charge in [-0.1, -0.05) is 13.0 Å². The molecule has 0 aliphatic carbocycles. The number of alkyl halides is 6. The summed E-state index contributed by atoms with van der Waals surface area (Å²) < 4.78 is 78.4. The maximum absolute atomic E-state index is 13.1. The van der Waals surface area contributed by atoms with E-state index in [0.29, 0.717) is 12.5 Å². The van der Waals surface area contributed by atoms with Gasteiger partial charge in [-0.3, -0.25) is 0 Å². The number of rotatable bonds is 5. The Morgan fingerprint density at radius 2 is 1.70 bits per heavy atom. The Kier molecular flexibility index (Phi) is 5.86. The monoisotopic (exact) mass is 392 g/mol. The summed E-state index contributed by atoms with van der Waals surface area (Å²) in [5.74, 6) is -0.517. The number of nitrogens with one attached hydrogen (secondary N) is 2. The Morgan fingerprint density at radius 3 is 2.26 bits per heavy atom. The van der Waals surface area contributed by atoms with E-state index in [2.05, 4.69) is 20.6 Å². The number of hydrogen-bond acceptors (Lipinski definition) is 4. The molecule has 0 unspecified atom stereocenters. The molecule has 0 amide bonds. The van der Waals surface area contributed by atoms with Gasteiger partial charge in [-0.25, -0.2) is 4.98 Å². The number of halogens is 6. The van der Waals surface area contributed by atoms with Crippen molar-refractivity contribution in [3.63, 3.8) is 0 Å². The van der Waals surface area contributed by atoms with Crippen molar-refractivity contribution in [3.05, 3.63) is 41.1 Å². The molecule has 0 aliphatic heterocycles. The summed E-state index contributed by atoms with van der Waals surface area (Å²) in [5, 5.41) is 5.28. The van der Waals surface area contributed by atoms with Crippen molar-refractivity contribution < 1.29 is 26.3 Å². The van der Waals surface area contributed by atoms with Gasteiger partial charge in [-0.2, -0.15) is 31.3 Å². The van der Waals surface area contributed by atoms with Crippen LogP contribution in [0, 0.1) is 6.92 Å². The summed E-state index contributed by atoms with van der Waals surface area (Å²) in [5.41, 5.74) is -2.22. The molecule has 1 heterocycles. The third kappa shape index (κ3) is 5.24. The molecular formula is C17H18F6N4. The van der Waals surface area contributed by atoms with E-state index in [0.717, 1.165) is 6.07 Å². The number of benzene rings is 1. The second kappa shape index (κ2) is 7.61. The summed E-state index contributed by atoms with van der Waals surface area (Å²) in [7, 11) is 0. The summed E-state index contributed by atoms with van der Waals surface area (Å²) in [6.45, 7) is 4.81. The Bertz CT molecular complexity index is 801. The molecule has 0 saturated heterocycles. The van der Waals surface area contributed by atoms with Gasteiger partial charge in [-0.05, 0) is 38.0 Å². The van der Waals surface area contributed by atoms with E-state index in [-0.39, 0.29) is 29.1 Å². The fourth-order valence-corrected chi connectivity index (χ4v) is 2.26. The van der Waals surface area contributed by atoms with Gasteiger partial charge >= 0.3 is 12.4 Å². The van der Waals surface area contributed by atoms with Crippen LogP contribution in [0.2, 0.25) is 0 Å². The predicted octanol–water partition coefficient (Wildman–Crippen LogP) is 5.78. The molecule has 0 spiro atoms. The lowest BCUT2D eigenvalue weighted by molar-refractivity contribution is -0.141. The Labute approximate surface area is 152 Å². The lowest BCUT2D eigenvalue weighted by Crippen LogP contribution is -2.19. The molecule has 4 nitrogen and oxygen atoms in total. The number of nitrogens with zero attached hydrogens (tertiary/aromatic N) is 2. The lowest BCUT2D eigenvalue weighted by atomic mass is 10.1. The van der Waals surface area contributed by atoms with E-state index >= 15 is 0 Å². The second-order valence-corrected chi connectivity index (χ2v) is 6.01. The van der Waals surface area contributed by atoms with Crippen molar-refractivity contribution in [2.24, 2.45) is 0 Å². The summed E-state index contributed by atoms with van der Waals surface area (Å²) in [6.07, 6.45) is -8.68. The van der Waals surface area contributed by atoms with Crippen LogP contribution in [0.4, 0.5) is 43.8 Å². The number of anilines is 3. The van der Waals surface area contributed by atoms with Gasteiger partial charge < -0.3 is 10.6 Å². The maximum atomic E-state index is 13.1. The first-order valence-corrected chi connectivity index (χ1v) is 8.08. The van der Waals surface area contributed by atoms with E-state index in [1.54, 1.807) is 6.92 Å². The summed E-state index contributed by atoms with van der Waals surface area (Å²) >= 11 is 0. The molecule has 2 N–H and O–H groups in total. The number of hydrogen-bond donors (Lipinski definition) is 2. The van der Waals surface area contributed by atoms with Gasteiger partial charge in [-0.15, -0.1) is 0 Å². The first kappa shape index (κ1) is 20.8. The van der Waals surface area contributed by atoms with Crippen molar-refractivity contribution in [1.29, 1.82) is 0 Å². The minimum absolute atomic E-state index is 0.00568. The van der Waals surface area contributed by atoms with Crippen LogP contribution in [0.15, 0.2) is 24.3 Å². The van der Waals surface area contributed by atoms with Crippen LogP contribution in [0.3, 0.4) is 0 Å². The van der Waals surface area contributed by atoms with Crippen LogP contribution in [0.25, 0.3) is 0 Å². The van der Waals surface area contributed by atoms with Crippen LogP contribution in [0.1, 0.15) is 37.1 Å². The van der Waals surface area contributed by atoms with Gasteiger partial charge in [0.2, 0.25) is 5.95 Å². The average molecular weight is 392 g/mol. The second-order valence-electron chi connectivity index (χ2n) is 6.01. The van der Waals surface area contributed by atoms with Crippen molar-refractivity contribution in [2.45, 2.75) is 45.6 Å². The van der Waals surface area contributed by atoms with Crippen LogP contribution in [0.5, 0.6) is 0 Å². The van der Waals surface area contributed by atoms with Crippen LogP contribution >= 0.6 is 0 Å². The van der Waals surface area contributed by atoms with Crippen molar-refractivity contribution in [1.82, 2.24) is 9.97 Å². The van der Waals surface area contributed by atoms with Crippen molar-refractivity contribution >= 4 is 17.5 Å². The van der Waals surface area contributed by atoms with Crippen LogP contribution < -0.4 is 10.6 Å². The van der Waals surface area contributed by atoms with E-state index in [4.69, 9.17) is 0 Å². The Balaban J connectivity index is 2.45. The summed E-state index contributed by atoms with van der Waals surface area (Å²) in [4.78, 5) is 7.39. The van der Waals surface area contributed by atoms with E-state index < -0.39 is 23.6 Å². The quantitative estimate of drug-likeness (QED) is 0.634. The van der Waals surface area contributed by atoms with Gasteiger partial charge in [0.1, 0.15) is 5.82 Å². The maximum Gasteiger partial charge on any atom is 0.433 e. The highest BCUT2D eigenvalue weighted by Gasteiger charge is 2.35. The minimum Gasteiger partial charge on any atom is -0.352 e. The third-order valence-corrected chi connectivity index (χ3v) is 3.91. The first-order chi connectivity index (χ1) is 12.4. The standard InChI is InChI=1S/C17H18F6N4/c1-4-9(2)24-15-26-13(17(21,22)23)8-14(27-15)25-12-7-5-6-11(10(12)3)16(18,19)20/h5-9H,4H2,1-3H3,(H2,24,25,26,27)/t9-/m1/s1. The van der Waals surface area contributed by atoms with Crippen molar-refractivity contribution in [3.8, 4) is 0 Å². The highest BCUT2D eigenvalue weighted by molar-refractivity contribution is 5.63. The molecule has 0 bridgehead atoms. The average Bonchev–Trinajstić information content (AvgIpc) is 2.54. The molecule has 0 aliphatic rings. The molecule has 0 fully saturated rings. The molecule has 148 valence electrons. The highest BCUT2D eigenvalue weighted by Crippen LogP contribution is 2.36. The molecule has 1 aromatic carbocycles. The molecule has 27 heavy (non-hydrogen) atoms. The van der Waals surface area contributed by atoms with E-state index in [9.17, 15) is 26.3 Å². The molecule has 10 heteroatoms. The van der Waals surface area contributed by atoms with Gasteiger partial charge in [0.15, 0.2) is 5.69 Å². The molecular weight excluding hydrogens is 374 g/mol. The third-order valence-electron chi connectivity index (χ3n) is 3.91. The first-order valence-electron chi connectivity index (χ1n) is 8.08. The smallest absolute Gasteiger partial charge is 0.352 e.